The van der Waals surface area contributed by atoms with Gasteiger partial charge in [0.05, 0.1) is 12.2 Å². The number of halogens is 1. The summed E-state index contributed by atoms with van der Waals surface area (Å²) < 4.78 is 5.58. The lowest BCUT2D eigenvalue weighted by molar-refractivity contribution is -0.137. The number of aryl methyl sites for hydroxylation is 2. The molecule has 1 amide bonds. The first-order valence-electron chi connectivity index (χ1n) is 10.5. The van der Waals surface area contributed by atoms with Gasteiger partial charge < -0.3 is 20.0 Å². The lowest BCUT2D eigenvalue weighted by Gasteiger charge is -2.36. The van der Waals surface area contributed by atoms with E-state index in [1.807, 2.05) is 13.8 Å². The van der Waals surface area contributed by atoms with Gasteiger partial charge in [0.1, 0.15) is 5.76 Å². The molecule has 1 saturated heterocycles. The van der Waals surface area contributed by atoms with Crippen molar-refractivity contribution < 1.29 is 9.21 Å². The molecule has 1 aromatic rings. The predicted molar refractivity (Wildman–Crippen MR) is 125 cm³/mol. The van der Waals surface area contributed by atoms with Gasteiger partial charge in [0.15, 0.2) is 5.96 Å². The highest BCUT2D eigenvalue weighted by Gasteiger charge is 2.29. The fraction of sp³-hybridized carbons (Fsp3) is 0.750. The Morgan fingerprint density at radius 3 is 2.45 bits per heavy atom. The van der Waals surface area contributed by atoms with Crippen LogP contribution < -0.4 is 10.6 Å². The number of piperazine rings is 1. The van der Waals surface area contributed by atoms with E-state index in [2.05, 4.69) is 30.4 Å². The Bertz CT molecular complexity index is 659. The SMILES string of the molecule is CN=C(NCCN1CCN(C(=O)C2CCCC2)CC1)NCc1nc(C)c(C)o1.I. The van der Waals surface area contributed by atoms with Crippen molar-refractivity contribution in [2.75, 3.05) is 46.3 Å². The van der Waals surface area contributed by atoms with Crippen LogP contribution >= 0.6 is 24.0 Å². The fourth-order valence-corrected chi connectivity index (χ4v) is 3.95. The van der Waals surface area contributed by atoms with Gasteiger partial charge in [-0.05, 0) is 26.7 Å². The van der Waals surface area contributed by atoms with Crippen LogP contribution in [0.15, 0.2) is 9.41 Å². The van der Waals surface area contributed by atoms with Crippen LogP contribution in [0.1, 0.15) is 43.0 Å². The Morgan fingerprint density at radius 2 is 1.86 bits per heavy atom. The summed E-state index contributed by atoms with van der Waals surface area (Å²) in [5, 5.41) is 6.56. The molecule has 8 nitrogen and oxygen atoms in total. The van der Waals surface area contributed by atoms with Gasteiger partial charge in [0.25, 0.3) is 0 Å². The fourth-order valence-electron chi connectivity index (χ4n) is 3.95. The standard InChI is InChI=1S/C20H34N6O2.HI/c1-15-16(2)28-18(24-15)14-23-20(21-3)22-8-9-25-10-12-26(13-11-25)19(27)17-6-4-5-7-17;/h17H,4-14H2,1-3H3,(H2,21,22,23);1H. The predicted octanol–water partition coefficient (Wildman–Crippen LogP) is 1.91. The number of nitrogens with zero attached hydrogens (tertiary/aromatic N) is 4. The Balaban J connectivity index is 0.00000300. The maximum atomic E-state index is 12.5. The second-order valence-corrected chi connectivity index (χ2v) is 7.75. The number of carbonyl (C=O) groups excluding carboxylic acids is 1. The molecule has 0 atom stereocenters. The third-order valence-electron chi connectivity index (χ3n) is 5.81. The molecule has 3 rings (SSSR count). The summed E-state index contributed by atoms with van der Waals surface area (Å²) in [7, 11) is 1.76. The van der Waals surface area contributed by atoms with Gasteiger partial charge in [-0.2, -0.15) is 0 Å². The van der Waals surface area contributed by atoms with Crippen LogP contribution in [-0.2, 0) is 11.3 Å². The maximum absolute atomic E-state index is 12.5. The smallest absolute Gasteiger partial charge is 0.225 e. The lowest BCUT2D eigenvalue weighted by atomic mass is 10.1. The first-order chi connectivity index (χ1) is 13.6. The summed E-state index contributed by atoms with van der Waals surface area (Å²) in [5.74, 6) is 2.94. The Morgan fingerprint density at radius 1 is 1.17 bits per heavy atom. The molecular weight excluding hydrogens is 483 g/mol. The summed E-state index contributed by atoms with van der Waals surface area (Å²) in [6.45, 7) is 9.70. The van der Waals surface area contributed by atoms with Crippen molar-refractivity contribution in [2.45, 2.75) is 46.1 Å². The zero-order valence-electron chi connectivity index (χ0n) is 17.9. The van der Waals surface area contributed by atoms with Gasteiger partial charge in [-0.25, -0.2) is 4.98 Å². The van der Waals surface area contributed by atoms with E-state index in [-0.39, 0.29) is 24.0 Å². The van der Waals surface area contributed by atoms with Gasteiger partial charge in [0.2, 0.25) is 11.8 Å². The van der Waals surface area contributed by atoms with Crippen LogP contribution in [0.4, 0.5) is 0 Å². The van der Waals surface area contributed by atoms with Crippen molar-refractivity contribution in [2.24, 2.45) is 10.9 Å². The topological polar surface area (TPSA) is 86.0 Å². The van der Waals surface area contributed by atoms with E-state index in [4.69, 9.17) is 4.42 Å². The number of amides is 1. The number of nitrogens with one attached hydrogen (secondary N) is 2. The van der Waals surface area contributed by atoms with Crippen LogP contribution in [0, 0.1) is 19.8 Å². The normalized spacial score (nSPS) is 18.6. The summed E-state index contributed by atoms with van der Waals surface area (Å²) in [6, 6.07) is 0. The molecule has 0 spiro atoms. The minimum Gasteiger partial charge on any atom is -0.444 e. The highest BCUT2D eigenvalue weighted by molar-refractivity contribution is 14.0. The molecule has 2 fully saturated rings. The van der Waals surface area contributed by atoms with Gasteiger partial charge >= 0.3 is 0 Å². The summed E-state index contributed by atoms with van der Waals surface area (Å²) >= 11 is 0. The van der Waals surface area contributed by atoms with E-state index >= 15 is 0 Å². The Hall–Kier alpha value is -1.36. The monoisotopic (exact) mass is 518 g/mol. The molecule has 0 bridgehead atoms. The molecule has 1 saturated carbocycles. The largest absolute Gasteiger partial charge is 0.444 e. The minimum absolute atomic E-state index is 0. The number of aromatic nitrogens is 1. The van der Waals surface area contributed by atoms with Crippen molar-refractivity contribution >= 4 is 35.8 Å². The molecule has 2 heterocycles. The van der Waals surface area contributed by atoms with E-state index in [0.29, 0.717) is 24.3 Å². The molecule has 9 heteroatoms. The second-order valence-electron chi connectivity index (χ2n) is 7.75. The number of hydrogen-bond acceptors (Lipinski definition) is 5. The van der Waals surface area contributed by atoms with Crippen LogP contribution in [-0.4, -0.2) is 73.0 Å². The van der Waals surface area contributed by atoms with Crippen LogP contribution in [0.3, 0.4) is 0 Å². The van der Waals surface area contributed by atoms with Crippen molar-refractivity contribution in [1.82, 2.24) is 25.4 Å². The number of carbonyl (C=O) groups is 1. The number of aliphatic imine (C=N–C) groups is 1. The Kier molecular flexibility index (Phi) is 9.67. The number of oxazole rings is 1. The summed E-state index contributed by atoms with van der Waals surface area (Å²) in [6.07, 6.45) is 4.60. The van der Waals surface area contributed by atoms with Crippen LogP contribution in [0.2, 0.25) is 0 Å². The molecule has 1 aromatic heterocycles. The van der Waals surface area contributed by atoms with Crippen molar-refractivity contribution in [1.29, 1.82) is 0 Å². The highest BCUT2D eigenvalue weighted by Crippen LogP contribution is 2.26. The first kappa shape index (κ1) is 23.9. The molecule has 164 valence electrons. The van der Waals surface area contributed by atoms with Crippen LogP contribution in [0.5, 0.6) is 0 Å². The van der Waals surface area contributed by atoms with Gasteiger partial charge in [-0.15, -0.1) is 24.0 Å². The summed E-state index contributed by atoms with van der Waals surface area (Å²) in [5.41, 5.74) is 0.922. The first-order valence-corrected chi connectivity index (χ1v) is 10.5. The second kappa shape index (κ2) is 11.7. The van der Waals surface area contributed by atoms with Crippen molar-refractivity contribution in [3.8, 4) is 0 Å². The van der Waals surface area contributed by atoms with Crippen LogP contribution in [0.25, 0.3) is 0 Å². The van der Waals surface area contributed by atoms with E-state index in [0.717, 1.165) is 69.5 Å². The van der Waals surface area contributed by atoms with E-state index < -0.39 is 0 Å². The van der Waals surface area contributed by atoms with Crippen molar-refractivity contribution in [3.63, 3.8) is 0 Å². The Labute approximate surface area is 190 Å². The third-order valence-corrected chi connectivity index (χ3v) is 5.81. The van der Waals surface area contributed by atoms with Gasteiger partial charge in [-0.1, -0.05) is 12.8 Å². The molecule has 1 aliphatic carbocycles. The third kappa shape index (κ3) is 6.84. The summed E-state index contributed by atoms with van der Waals surface area (Å²) in [4.78, 5) is 25.6. The van der Waals surface area contributed by atoms with E-state index in [1.54, 1.807) is 7.05 Å². The molecule has 29 heavy (non-hydrogen) atoms. The van der Waals surface area contributed by atoms with Gasteiger partial charge in [-0.3, -0.25) is 14.7 Å². The molecular formula is C20H35IN6O2. The minimum atomic E-state index is 0. The molecule has 1 aliphatic heterocycles. The van der Waals surface area contributed by atoms with Gasteiger partial charge in [0, 0.05) is 52.2 Å². The van der Waals surface area contributed by atoms with E-state index in [9.17, 15) is 4.79 Å². The molecule has 0 unspecified atom stereocenters. The lowest BCUT2D eigenvalue weighted by Crippen LogP contribution is -2.51. The average Bonchev–Trinajstić information content (AvgIpc) is 3.35. The molecule has 2 aliphatic rings. The quantitative estimate of drug-likeness (QED) is 0.340. The molecule has 2 N–H and O–H groups in total. The highest BCUT2D eigenvalue weighted by atomic mass is 127. The van der Waals surface area contributed by atoms with E-state index in [1.165, 1.54) is 12.8 Å². The molecule has 0 aromatic carbocycles. The number of hydrogen-bond donors (Lipinski definition) is 2. The average molecular weight is 518 g/mol. The number of rotatable bonds is 6. The molecule has 0 radical (unpaired) electrons. The zero-order chi connectivity index (χ0) is 19.9. The maximum Gasteiger partial charge on any atom is 0.225 e. The number of guanidine groups is 1. The zero-order valence-corrected chi connectivity index (χ0v) is 20.2. The van der Waals surface area contributed by atoms with Crippen molar-refractivity contribution in [3.05, 3.63) is 17.3 Å².